The molecular weight excluding hydrogens is 220 g/mol. The topological polar surface area (TPSA) is 29.3 Å². The van der Waals surface area contributed by atoms with Crippen molar-refractivity contribution in [1.29, 1.82) is 0 Å². The Labute approximate surface area is 110 Å². The first-order valence-electron chi connectivity index (χ1n) is 7.25. The fourth-order valence-corrected chi connectivity index (χ4v) is 3.16. The Morgan fingerprint density at radius 2 is 1.89 bits per heavy atom. The minimum Gasteiger partial charge on any atom is -0.374 e. The number of rotatable bonds is 4. The molecule has 0 heterocycles. The number of aryl methyl sites for hydroxylation is 2. The van der Waals surface area contributed by atoms with Gasteiger partial charge in [0.25, 0.3) is 0 Å². The predicted molar refractivity (Wildman–Crippen MR) is 77.1 cm³/mol. The van der Waals surface area contributed by atoms with Gasteiger partial charge in [0.1, 0.15) is 0 Å². The van der Waals surface area contributed by atoms with Crippen molar-refractivity contribution in [3.05, 3.63) is 29.3 Å². The lowest BCUT2D eigenvalue weighted by Gasteiger charge is -2.26. The van der Waals surface area contributed by atoms with Gasteiger partial charge < -0.3 is 10.6 Å². The van der Waals surface area contributed by atoms with Gasteiger partial charge in [-0.3, -0.25) is 0 Å². The van der Waals surface area contributed by atoms with Crippen molar-refractivity contribution in [2.45, 2.75) is 38.5 Å². The standard InChI is InChI=1S/C16H24N2/c1-18(12-16(11-17)8-9-16)15-7-6-13-4-2-3-5-14(13)10-15/h6-7,10H,2-5,8-9,11-12,17H2,1H3. The molecule has 0 aromatic heterocycles. The molecule has 2 nitrogen and oxygen atoms in total. The maximum Gasteiger partial charge on any atom is 0.0366 e. The Hall–Kier alpha value is -1.02. The molecule has 98 valence electrons. The number of hydrogen-bond acceptors (Lipinski definition) is 2. The van der Waals surface area contributed by atoms with E-state index >= 15 is 0 Å². The molecule has 0 spiro atoms. The molecule has 18 heavy (non-hydrogen) atoms. The monoisotopic (exact) mass is 244 g/mol. The van der Waals surface area contributed by atoms with Crippen molar-refractivity contribution >= 4 is 5.69 Å². The quantitative estimate of drug-likeness (QED) is 0.882. The third-order valence-electron chi connectivity index (χ3n) is 4.74. The summed E-state index contributed by atoms with van der Waals surface area (Å²) in [6.07, 6.45) is 7.86. The van der Waals surface area contributed by atoms with Crippen LogP contribution in [0.25, 0.3) is 0 Å². The van der Waals surface area contributed by atoms with Gasteiger partial charge in [-0.25, -0.2) is 0 Å². The van der Waals surface area contributed by atoms with Crippen LogP contribution in [0.5, 0.6) is 0 Å². The second-order valence-electron chi connectivity index (χ2n) is 6.22. The number of fused-ring (bicyclic) bond motifs is 1. The van der Waals surface area contributed by atoms with Crippen LogP contribution in [0.1, 0.15) is 36.8 Å². The first kappa shape index (κ1) is 12.0. The molecule has 2 aliphatic carbocycles. The highest BCUT2D eigenvalue weighted by Crippen LogP contribution is 2.45. The fourth-order valence-electron chi connectivity index (χ4n) is 3.16. The molecule has 0 unspecified atom stereocenters. The molecule has 0 atom stereocenters. The van der Waals surface area contributed by atoms with Gasteiger partial charge in [-0.15, -0.1) is 0 Å². The molecule has 2 heteroatoms. The molecule has 0 aliphatic heterocycles. The Morgan fingerprint density at radius 3 is 2.56 bits per heavy atom. The van der Waals surface area contributed by atoms with E-state index in [0.717, 1.165) is 13.1 Å². The van der Waals surface area contributed by atoms with Crippen molar-refractivity contribution in [2.24, 2.45) is 11.1 Å². The summed E-state index contributed by atoms with van der Waals surface area (Å²) < 4.78 is 0. The third-order valence-corrected chi connectivity index (χ3v) is 4.74. The van der Waals surface area contributed by atoms with E-state index in [1.165, 1.54) is 44.2 Å². The van der Waals surface area contributed by atoms with E-state index in [-0.39, 0.29) is 0 Å². The van der Waals surface area contributed by atoms with Gasteiger partial charge in [0, 0.05) is 24.7 Å². The minimum absolute atomic E-state index is 0.421. The Kier molecular flexibility index (Phi) is 3.06. The Morgan fingerprint density at radius 1 is 1.17 bits per heavy atom. The van der Waals surface area contributed by atoms with Crippen LogP contribution in [-0.2, 0) is 12.8 Å². The van der Waals surface area contributed by atoms with Crippen molar-refractivity contribution < 1.29 is 0 Å². The number of hydrogen-bond donors (Lipinski definition) is 1. The predicted octanol–water partition coefficient (Wildman–Crippen LogP) is 2.74. The van der Waals surface area contributed by atoms with Crippen molar-refractivity contribution in [3.63, 3.8) is 0 Å². The highest BCUT2D eigenvalue weighted by atomic mass is 15.1. The Balaban J connectivity index is 1.75. The van der Waals surface area contributed by atoms with Crippen LogP contribution < -0.4 is 10.6 Å². The average Bonchev–Trinajstić information content (AvgIpc) is 3.18. The number of nitrogens with two attached hydrogens (primary N) is 1. The summed E-state index contributed by atoms with van der Waals surface area (Å²) in [6, 6.07) is 7.03. The van der Waals surface area contributed by atoms with Gasteiger partial charge in [0.2, 0.25) is 0 Å². The van der Waals surface area contributed by atoms with Crippen LogP contribution in [-0.4, -0.2) is 20.1 Å². The van der Waals surface area contributed by atoms with E-state index in [1.54, 1.807) is 11.1 Å². The van der Waals surface area contributed by atoms with Crippen LogP contribution in [0.2, 0.25) is 0 Å². The fraction of sp³-hybridized carbons (Fsp3) is 0.625. The van der Waals surface area contributed by atoms with Crippen molar-refractivity contribution in [3.8, 4) is 0 Å². The van der Waals surface area contributed by atoms with Crippen molar-refractivity contribution in [2.75, 3.05) is 25.0 Å². The highest BCUT2D eigenvalue weighted by molar-refractivity contribution is 5.51. The average molecular weight is 244 g/mol. The van der Waals surface area contributed by atoms with Gasteiger partial charge >= 0.3 is 0 Å². The lowest BCUT2D eigenvalue weighted by Crippen LogP contribution is -2.31. The molecule has 0 saturated heterocycles. The highest BCUT2D eigenvalue weighted by Gasteiger charge is 2.42. The van der Waals surface area contributed by atoms with Crippen LogP contribution in [0.3, 0.4) is 0 Å². The van der Waals surface area contributed by atoms with Gasteiger partial charge in [0.05, 0.1) is 0 Å². The second-order valence-corrected chi connectivity index (χ2v) is 6.22. The minimum atomic E-state index is 0.421. The SMILES string of the molecule is CN(CC1(CN)CC1)c1ccc2c(c1)CCCC2. The molecule has 2 N–H and O–H groups in total. The molecule has 0 bridgehead atoms. The first-order chi connectivity index (χ1) is 8.72. The van der Waals surface area contributed by atoms with Crippen LogP contribution >= 0.6 is 0 Å². The van der Waals surface area contributed by atoms with Gasteiger partial charge in [-0.1, -0.05) is 6.07 Å². The lowest BCUT2D eigenvalue weighted by atomic mass is 9.91. The zero-order valence-electron chi connectivity index (χ0n) is 11.4. The second kappa shape index (κ2) is 4.58. The van der Waals surface area contributed by atoms with Crippen LogP contribution in [0.15, 0.2) is 18.2 Å². The molecule has 1 aromatic carbocycles. The molecule has 0 amide bonds. The summed E-state index contributed by atoms with van der Waals surface area (Å²) in [4.78, 5) is 2.40. The summed E-state index contributed by atoms with van der Waals surface area (Å²) in [6.45, 7) is 1.95. The number of nitrogens with zero attached hydrogens (tertiary/aromatic N) is 1. The molecule has 1 saturated carbocycles. The molecular formula is C16H24N2. The lowest BCUT2D eigenvalue weighted by molar-refractivity contribution is 0.523. The van der Waals surface area contributed by atoms with Gasteiger partial charge in [0.15, 0.2) is 0 Å². The summed E-state index contributed by atoms with van der Waals surface area (Å²) in [5, 5.41) is 0. The van der Waals surface area contributed by atoms with Crippen molar-refractivity contribution in [1.82, 2.24) is 0 Å². The number of anilines is 1. The maximum atomic E-state index is 5.88. The smallest absolute Gasteiger partial charge is 0.0366 e. The largest absolute Gasteiger partial charge is 0.374 e. The zero-order valence-corrected chi connectivity index (χ0v) is 11.4. The van der Waals surface area contributed by atoms with Gasteiger partial charge in [-0.05, 0) is 68.3 Å². The summed E-state index contributed by atoms with van der Waals surface area (Å²) in [5.74, 6) is 0. The van der Waals surface area contributed by atoms with Crippen LogP contribution in [0, 0.1) is 5.41 Å². The number of benzene rings is 1. The molecule has 1 aromatic rings. The maximum absolute atomic E-state index is 5.88. The summed E-state index contributed by atoms with van der Waals surface area (Å²) in [7, 11) is 2.21. The summed E-state index contributed by atoms with van der Waals surface area (Å²) in [5.41, 5.74) is 10.8. The van der Waals surface area contributed by atoms with E-state index in [0.29, 0.717) is 5.41 Å². The van der Waals surface area contributed by atoms with E-state index in [4.69, 9.17) is 5.73 Å². The molecule has 0 radical (unpaired) electrons. The third kappa shape index (κ3) is 2.26. The molecule has 3 rings (SSSR count). The van der Waals surface area contributed by atoms with Crippen LogP contribution in [0.4, 0.5) is 5.69 Å². The van der Waals surface area contributed by atoms with E-state index < -0.39 is 0 Å². The Bertz CT molecular complexity index is 435. The first-order valence-corrected chi connectivity index (χ1v) is 7.25. The van der Waals surface area contributed by atoms with E-state index in [2.05, 4.69) is 30.1 Å². The van der Waals surface area contributed by atoms with E-state index in [9.17, 15) is 0 Å². The van der Waals surface area contributed by atoms with Gasteiger partial charge in [-0.2, -0.15) is 0 Å². The summed E-state index contributed by atoms with van der Waals surface area (Å²) >= 11 is 0. The normalized spacial score (nSPS) is 20.3. The van der Waals surface area contributed by atoms with E-state index in [1.807, 2.05) is 0 Å². The zero-order chi connectivity index (χ0) is 12.6. The molecule has 2 aliphatic rings. The molecule has 1 fully saturated rings.